The van der Waals surface area contributed by atoms with E-state index in [9.17, 15) is 9.59 Å². The molecule has 0 N–H and O–H groups in total. The molecule has 0 saturated heterocycles. The van der Waals surface area contributed by atoms with E-state index in [1.165, 1.54) is 9.13 Å². The smallest absolute Gasteiger partial charge is 0.332 e. The zero-order valence-corrected chi connectivity index (χ0v) is 16.3. The van der Waals surface area contributed by atoms with Gasteiger partial charge in [-0.3, -0.25) is 13.9 Å². The average molecular weight is 381 g/mol. The standard InChI is InChI=1S/C20H23N5O3/c1-13(2)12-25-18(26)16-17(22(3)20(25)27)21-19-23(10-7-11-24(16)19)14-8-5-6-9-15(14)28-4/h5-6,8-9H,1,7,10-12H2,2-4H3. The van der Waals surface area contributed by atoms with E-state index in [1.807, 2.05) is 33.7 Å². The molecule has 28 heavy (non-hydrogen) atoms. The monoisotopic (exact) mass is 381 g/mol. The number of para-hydroxylation sites is 2. The van der Waals surface area contributed by atoms with E-state index in [4.69, 9.17) is 4.74 Å². The third kappa shape index (κ3) is 2.64. The summed E-state index contributed by atoms with van der Waals surface area (Å²) in [6.07, 6.45) is 0.847. The molecule has 0 radical (unpaired) electrons. The molecular formula is C20H23N5O3. The van der Waals surface area contributed by atoms with Gasteiger partial charge < -0.3 is 14.2 Å². The summed E-state index contributed by atoms with van der Waals surface area (Å²) in [5.41, 5.74) is 1.74. The van der Waals surface area contributed by atoms with Crippen LogP contribution in [0.25, 0.3) is 11.2 Å². The summed E-state index contributed by atoms with van der Waals surface area (Å²) in [7, 11) is 3.28. The second-order valence-electron chi connectivity index (χ2n) is 7.10. The molecule has 0 aliphatic carbocycles. The first-order chi connectivity index (χ1) is 13.4. The first kappa shape index (κ1) is 18.1. The van der Waals surface area contributed by atoms with E-state index in [0.717, 1.165) is 30.0 Å². The van der Waals surface area contributed by atoms with Crippen LogP contribution in [-0.4, -0.2) is 32.3 Å². The van der Waals surface area contributed by atoms with E-state index in [-0.39, 0.29) is 17.8 Å². The van der Waals surface area contributed by atoms with Gasteiger partial charge in [-0.2, -0.15) is 4.98 Å². The summed E-state index contributed by atoms with van der Waals surface area (Å²) in [6.45, 7) is 7.24. The Morgan fingerprint density at radius 1 is 1.25 bits per heavy atom. The maximum Gasteiger partial charge on any atom is 0.332 e. The molecule has 8 heteroatoms. The second-order valence-corrected chi connectivity index (χ2v) is 7.10. The summed E-state index contributed by atoms with van der Waals surface area (Å²) >= 11 is 0. The van der Waals surface area contributed by atoms with E-state index < -0.39 is 0 Å². The third-order valence-electron chi connectivity index (χ3n) is 5.02. The Morgan fingerprint density at radius 3 is 2.71 bits per heavy atom. The van der Waals surface area contributed by atoms with Crippen LogP contribution < -0.4 is 20.9 Å². The lowest BCUT2D eigenvalue weighted by Crippen LogP contribution is -2.40. The van der Waals surface area contributed by atoms with E-state index >= 15 is 0 Å². The third-order valence-corrected chi connectivity index (χ3v) is 5.02. The number of ether oxygens (including phenoxy) is 1. The highest BCUT2D eigenvalue weighted by atomic mass is 16.5. The zero-order valence-electron chi connectivity index (χ0n) is 16.3. The molecule has 0 bridgehead atoms. The Kier molecular flexibility index (Phi) is 4.33. The van der Waals surface area contributed by atoms with Gasteiger partial charge in [-0.15, -0.1) is 0 Å². The number of methoxy groups -OCH3 is 1. The molecule has 3 heterocycles. The first-order valence-corrected chi connectivity index (χ1v) is 9.19. The van der Waals surface area contributed by atoms with Crippen molar-refractivity contribution in [3.05, 3.63) is 57.3 Å². The maximum atomic E-state index is 13.1. The van der Waals surface area contributed by atoms with Crippen molar-refractivity contribution >= 4 is 22.8 Å². The minimum Gasteiger partial charge on any atom is -0.495 e. The highest BCUT2D eigenvalue weighted by Gasteiger charge is 2.28. The van der Waals surface area contributed by atoms with E-state index in [1.54, 1.807) is 21.1 Å². The lowest BCUT2D eigenvalue weighted by Gasteiger charge is -2.30. The number of hydrogen-bond donors (Lipinski definition) is 0. The van der Waals surface area contributed by atoms with Gasteiger partial charge in [0.05, 0.1) is 19.3 Å². The minimum absolute atomic E-state index is 0.193. The van der Waals surface area contributed by atoms with Gasteiger partial charge in [0.25, 0.3) is 5.56 Å². The van der Waals surface area contributed by atoms with Gasteiger partial charge in [-0.05, 0) is 25.5 Å². The maximum absolute atomic E-state index is 13.1. The molecular weight excluding hydrogens is 358 g/mol. The van der Waals surface area contributed by atoms with Crippen LogP contribution >= 0.6 is 0 Å². The van der Waals surface area contributed by atoms with Crippen LogP contribution in [-0.2, 0) is 20.1 Å². The topological polar surface area (TPSA) is 74.3 Å². The summed E-state index contributed by atoms with van der Waals surface area (Å²) in [5, 5.41) is 0. The summed E-state index contributed by atoms with van der Waals surface area (Å²) in [6, 6.07) is 7.71. The van der Waals surface area contributed by atoms with Gasteiger partial charge in [-0.1, -0.05) is 24.3 Å². The molecule has 3 aromatic rings. The Hall–Kier alpha value is -3.29. The number of benzene rings is 1. The molecule has 0 fully saturated rings. The minimum atomic E-state index is -0.389. The molecule has 4 rings (SSSR count). The van der Waals surface area contributed by atoms with Crippen LogP contribution in [0.5, 0.6) is 5.75 Å². The average Bonchev–Trinajstić information content (AvgIpc) is 3.09. The van der Waals surface area contributed by atoms with Crippen LogP contribution in [0.4, 0.5) is 11.6 Å². The summed E-state index contributed by atoms with van der Waals surface area (Å²) in [5.74, 6) is 1.38. The number of allylic oxidation sites excluding steroid dienone is 1. The van der Waals surface area contributed by atoms with Gasteiger partial charge in [0.2, 0.25) is 5.95 Å². The molecule has 1 aliphatic heterocycles. The molecule has 0 unspecified atom stereocenters. The summed E-state index contributed by atoms with van der Waals surface area (Å²) in [4.78, 5) is 32.6. The Balaban J connectivity index is 2.00. The molecule has 0 amide bonds. The van der Waals surface area contributed by atoms with Crippen LogP contribution in [0, 0.1) is 0 Å². The van der Waals surface area contributed by atoms with Crippen molar-refractivity contribution < 1.29 is 4.74 Å². The van der Waals surface area contributed by atoms with Crippen molar-refractivity contribution in [3.63, 3.8) is 0 Å². The fourth-order valence-electron chi connectivity index (χ4n) is 3.76. The molecule has 0 spiro atoms. The van der Waals surface area contributed by atoms with Crippen molar-refractivity contribution in [1.82, 2.24) is 18.7 Å². The number of aryl methyl sites for hydroxylation is 2. The van der Waals surface area contributed by atoms with Crippen LogP contribution in [0.3, 0.4) is 0 Å². The number of imidazole rings is 1. The molecule has 0 atom stereocenters. The largest absolute Gasteiger partial charge is 0.495 e. The number of nitrogens with zero attached hydrogens (tertiary/aromatic N) is 5. The number of aromatic nitrogens is 4. The van der Waals surface area contributed by atoms with Gasteiger partial charge in [0.1, 0.15) is 5.75 Å². The normalized spacial score (nSPS) is 13.6. The van der Waals surface area contributed by atoms with Crippen molar-refractivity contribution in [2.45, 2.75) is 26.4 Å². The number of fused-ring (bicyclic) bond motifs is 3. The second kappa shape index (κ2) is 6.70. The highest BCUT2D eigenvalue weighted by Crippen LogP contribution is 2.36. The molecule has 1 aliphatic rings. The van der Waals surface area contributed by atoms with Gasteiger partial charge in [0, 0.05) is 20.1 Å². The van der Waals surface area contributed by atoms with Crippen molar-refractivity contribution in [2.75, 3.05) is 18.6 Å². The molecule has 1 aromatic carbocycles. The van der Waals surface area contributed by atoms with Gasteiger partial charge in [-0.25, -0.2) is 4.79 Å². The van der Waals surface area contributed by atoms with Gasteiger partial charge >= 0.3 is 5.69 Å². The predicted molar refractivity (Wildman–Crippen MR) is 109 cm³/mol. The SMILES string of the molecule is C=C(C)Cn1c(=O)c2c(nc3n2CCCN3c2ccccc2OC)n(C)c1=O. The lowest BCUT2D eigenvalue weighted by molar-refractivity contribution is 0.414. The van der Waals surface area contributed by atoms with E-state index in [2.05, 4.69) is 11.6 Å². The predicted octanol–water partition coefficient (Wildman–Crippen LogP) is 2.02. The van der Waals surface area contributed by atoms with Crippen molar-refractivity contribution in [3.8, 4) is 5.75 Å². The van der Waals surface area contributed by atoms with Crippen molar-refractivity contribution in [2.24, 2.45) is 7.05 Å². The Bertz CT molecular complexity index is 1200. The number of hydrogen-bond acceptors (Lipinski definition) is 5. The Labute approximate surface area is 161 Å². The molecule has 0 saturated carbocycles. The molecule has 146 valence electrons. The zero-order chi connectivity index (χ0) is 20.0. The fourth-order valence-corrected chi connectivity index (χ4v) is 3.76. The van der Waals surface area contributed by atoms with Crippen molar-refractivity contribution in [1.29, 1.82) is 0 Å². The first-order valence-electron chi connectivity index (χ1n) is 9.19. The van der Waals surface area contributed by atoms with Crippen LogP contribution in [0.1, 0.15) is 13.3 Å². The van der Waals surface area contributed by atoms with Crippen LogP contribution in [0.2, 0.25) is 0 Å². The highest BCUT2D eigenvalue weighted by molar-refractivity contribution is 5.78. The fraction of sp³-hybridized carbons (Fsp3) is 0.350. The lowest BCUT2D eigenvalue weighted by atomic mass is 10.2. The number of rotatable bonds is 4. The van der Waals surface area contributed by atoms with E-state index in [0.29, 0.717) is 23.7 Å². The Morgan fingerprint density at radius 2 is 2.00 bits per heavy atom. The van der Waals surface area contributed by atoms with Gasteiger partial charge in [0.15, 0.2) is 11.2 Å². The van der Waals surface area contributed by atoms with Crippen LogP contribution in [0.15, 0.2) is 46.0 Å². The quantitative estimate of drug-likeness (QED) is 0.647. The molecule has 8 nitrogen and oxygen atoms in total. The summed E-state index contributed by atoms with van der Waals surface area (Å²) < 4.78 is 10.1. The molecule has 2 aromatic heterocycles. The number of anilines is 2.